The maximum Gasteiger partial charge on any atom is 0.338 e. The summed E-state index contributed by atoms with van der Waals surface area (Å²) in [6.07, 6.45) is 1.65. The molecule has 0 radical (unpaired) electrons. The van der Waals surface area contributed by atoms with Crippen molar-refractivity contribution in [2.75, 3.05) is 20.8 Å². The van der Waals surface area contributed by atoms with Gasteiger partial charge in [0, 0.05) is 24.4 Å². The summed E-state index contributed by atoms with van der Waals surface area (Å²) in [5.41, 5.74) is 5.30. The molecule has 36 heavy (non-hydrogen) atoms. The van der Waals surface area contributed by atoms with Gasteiger partial charge >= 0.3 is 5.97 Å². The van der Waals surface area contributed by atoms with E-state index in [9.17, 15) is 9.59 Å². The average Bonchev–Trinajstić information content (AvgIpc) is 3.33. The average molecular weight is 504 g/mol. The van der Waals surface area contributed by atoms with Gasteiger partial charge in [-0.2, -0.15) is 0 Å². The number of aliphatic imine (C=N–C) groups is 1. The van der Waals surface area contributed by atoms with E-state index in [2.05, 4.69) is 12.1 Å². The van der Waals surface area contributed by atoms with Crippen LogP contribution in [0.2, 0.25) is 0 Å². The number of rotatable bonds is 6. The van der Waals surface area contributed by atoms with Gasteiger partial charge in [0.2, 0.25) is 5.91 Å². The number of esters is 1. The van der Waals surface area contributed by atoms with E-state index in [-0.39, 0.29) is 12.3 Å². The lowest BCUT2D eigenvalue weighted by molar-refractivity contribution is -0.136. The maximum absolute atomic E-state index is 13.5. The van der Waals surface area contributed by atoms with Crippen LogP contribution in [-0.2, 0) is 27.3 Å². The van der Waals surface area contributed by atoms with E-state index in [4.69, 9.17) is 14.5 Å². The van der Waals surface area contributed by atoms with Crippen molar-refractivity contribution >= 4 is 28.8 Å². The molecule has 0 spiro atoms. The van der Waals surface area contributed by atoms with Gasteiger partial charge in [-0.3, -0.25) is 4.79 Å². The second kappa shape index (κ2) is 10.2. The number of ether oxygens (including phenoxy) is 2. The van der Waals surface area contributed by atoms with Crippen LogP contribution in [0.3, 0.4) is 0 Å². The van der Waals surface area contributed by atoms with Crippen LogP contribution in [-0.4, -0.2) is 47.6 Å². The molecule has 7 nitrogen and oxygen atoms in total. The first-order valence-corrected chi connectivity index (χ1v) is 13.0. The Kier molecular flexibility index (Phi) is 6.87. The SMILES string of the molecule is CCC1=C(C(=O)OC)C(c2ccccc2OC)N2C(CC(=O)N3CCc4ccccc4C3)=CSC2=N1. The number of methoxy groups -OCH3 is 2. The molecule has 3 aliphatic heterocycles. The Morgan fingerprint density at radius 2 is 1.83 bits per heavy atom. The molecule has 1 atom stereocenters. The van der Waals surface area contributed by atoms with Gasteiger partial charge in [0.05, 0.1) is 38.0 Å². The fraction of sp³-hybridized carbons (Fsp3) is 0.321. The number of fused-ring (bicyclic) bond motifs is 2. The van der Waals surface area contributed by atoms with Gasteiger partial charge in [-0.1, -0.05) is 61.2 Å². The molecule has 2 aromatic rings. The molecule has 0 saturated heterocycles. The molecule has 0 aromatic heterocycles. The van der Waals surface area contributed by atoms with Gasteiger partial charge < -0.3 is 19.3 Å². The van der Waals surface area contributed by atoms with Crippen molar-refractivity contribution in [3.63, 3.8) is 0 Å². The van der Waals surface area contributed by atoms with Gasteiger partial charge in [-0.05, 0) is 35.4 Å². The number of hydrogen-bond acceptors (Lipinski definition) is 7. The predicted molar refractivity (Wildman–Crippen MR) is 140 cm³/mol. The van der Waals surface area contributed by atoms with E-state index in [1.165, 1.54) is 30.0 Å². The molecule has 0 saturated carbocycles. The molecule has 3 aliphatic rings. The number of benzene rings is 2. The third-order valence-corrected chi connectivity index (χ3v) is 7.77. The number of amidine groups is 1. The highest BCUT2D eigenvalue weighted by Gasteiger charge is 2.42. The Morgan fingerprint density at radius 3 is 2.58 bits per heavy atom. The van der Waals surface area contributed by atoms with Crippen molar-refractivity contribution in [1.82, 2.24) is 9.80 Å². The van der Waals surface area contributed by atoms with Crippen LogP contribution in [0.4, 0.5) is 0 Å². The summed E-state index contributed by atoms with van der Waals surface area (Å²) < 4.78 is 10.9. The van der Waals surface area contributed by atoms with Crippen LogP contribution in [0.15, 0.2) is 75.9 Å². The van der Waals surface area contributed by atoms with Crippen molar-refractivity contribution in [3.8, 4) is 5.75 Å². The lowest BCUT2D eigenvalue weighted by Gasteiger charge is -2.37. The number of thioether (sulfide) groups is 1. The minimum atomic E-state index is -0.507. The number of amides is 1. The van der Waals surface area contributed by atoms with Crippen molar-refractivity contribution in [2.24, 2.45) is 4.99 Å². The first-order valence-electron chi connectivity index (χ1n) is 12.1. The van der Waals surface area contributed by atoms with E-state index in [1.807, 2.05) is 58.5 Å². The molecule has 186 valence electrons. The summed E-state index contributed by atoms with van der Waals surface area (Å²) in [6.45, 7) is 3.28. The molecule has 1 amide bonds. The van der Waals surface area contributed by atoms with Crippen molar-refractivity contribution < 1.29 is 19.1 Å². The van der Waals surface area contributed by atoms with E-state index < -0.39 is 12.0 Å². The minimum absolute atomic E-state index is 0.0567. The van der Waals surface area contributed by atoms with E-state index in [0.717, 1.165) is 22.8 Å². The van der Waals surface area contributed by atoms with E-state index in [1.54, 1.807) is 7.11 Å². The van der Waals surface area contributed by atoms with Crippen LogP contribution in [0, 0.1) is 0 Å². The van der Waals surface area contributed by atoms with Crippen LogP contribution in [0.1, 0.15) is 42.5 Å². The highest BCUT2D eigenvalue weighted by molar-refractivity contribution is 8.16. The zero-order valence-electron chi connectivity index (χ0n) is 20.7. The molecule has 0 N–H and O–H groups in total. The third kappa shape index (κ3) is 4.30. The second-order valence-electron chi connectivity index (χ2n) is 8.85. The number of carbonyl (C=O) groups excluding carboxylic acids is 2. The molecule has 0 aliphatic carbocycles. The normalized spacial score (nSPS) is 18.8. The number of nitrogens with zero attached hydrogens (tertiary/aromatic N) is 3. The highest BCUT2D eigenvalue weighted by Crippen LogP contribution is 2.47. The standard InChI is InChI=1S/C28H29N3O4S/c1-4-22-25(27(33)35-3)26(21-11-7-8-12-23(21)34-2)31-20(17-36-28(31)29-22)15-24(32)30-14-13-18-9-5-6-10-19(18)16-30/h5-12,17,26H,4,13-16H2,1-3H3. The Balaban J connectivity index is 1.49. The molecule has 2 aromatic carbocycles. The zero-order chi connectivity index (χ0) is 25.2. The highest BCUT2D eigenvalue weighted by atomic mass is 32.2. The van der Waals surface area contributed by atoms with E-state index in [0.29, 0.717) is 36.5 Å². The van der Waals surface area contributed by atoms with Crippen LogP contribution in [0.25, 0.3) is 0 Å². The first-order chi connectivity index (χ1) is 17.5. The lowest BCUT2D eigenvalue weighted by Crippen LogP contribution is -2.40. The summed E-state index contributed by atoms with van der Waals surface area (Å²) in [4.78, 5) is 35.3. The Morgan fingerprint density at radius 1 is 1.08 bits per heavy atom. The first kappa shape index (κ1) is 24.2. The van der Waals surface area contributed by atoms with Crippen LogP contribution in [0.5, 0.6) is 5.75 Å². The Labute approximate surface area is 215 Å². The number of carbonyl (C=O) groups is 2. The fourth-order valence-corrected chi connectivity index (χ4v) is 6.01. The Bertz CT molecular complexity index is 1300. The van der Waals surface area contributed by atoms with Gasteiger partial charge in [0.1, 0.15) is 5.75 Å². The molecule has 0 fully saturated rings. The van der Waals surface area contributed by atoms with E-state index >= 15 is 0 Å². The zero-order valence-corrected chi connectivity index (χ0v) is 21.5. The van der Waals surface area contributed by atoms with Crippen molar-refractivity contribution in [3.05, 3.63) is 87.6 Å². The van der Waals surface area contributed by atoms with Crippen molar-refractivity contribution in [2.45, 2.75) is 38.8 Å². The minimum Gasteiger partial charge on any atom is -0.496 e. The summed E-state index contributed by atoms with van der Waals surface area (Å²) >= 11 is 1.48. The predicted octanol–water partition coefficient (Wildman–Crippen LogP) is 4.81. The van der Waals surface area contributed by atoms with Gasteiger partial charge in [0.25, 0.3) is 0 Å². The van der Waals surface area contributed by atoms with Crippen LogP contribution >= 0.6 is 11.8 Å². The maximum atomic E-state index is 13.5. The van der Waals surface area contributed by atoms with Crippen molar-refractivity contribution in [1.29, 1.82) is 0 Å². The molecular weight excluding hydrogens is 474 g/mol. The molecule has 0 bridgehead atoms. The molecular formula is C28H29N3O4S. The Hall–Kier alpha value is -3.52. The topological polar surface area (TPSA) is 71.4 Å². The molecule has 5 rings (SSSR count). The largest absolute Gasteiger partial charge is 0.496 e. The summed E-state index contributed by atoms with van der Waals surface area (Å²) in [5, 5.41) is 2.73. The number of para-hydroxylation sites is 1. The summed E-state index contributed by atoms with van der Waals surface area (Å²) in [6, 6.07) is 15.4. The number of allylic oxidation sites excluding steroid dienone is 1. The van der Waals surface area contributed by atoms with Gasteiger partial charge in [-0.15, -0.1) is 0 Å². The smallest absolute Gasteiger partial charge is 0.338 e. The molecule has 1 unspecified atom stereocenters. The summed E-state index contributed by atoms with van der Waals surface area (Å²) in [5.74, 6) is 0.290. The fourth-order valence-electron chi connectivity index (χ4n) is 5.07. The summed E-state index contributed by atoms with van der Waals surface area (Å²) in [7, 11) is 3.00. The lowest BCUT2D eigenvalue weighted by atomic mass is 9.92. The second-order valence-corrected chi connectivity index (χ2v) is 9.69. The molecule has 3 heterocycles. The molecule has 8 heteroatoms. The quantitative estimate of drug-likeness (QED) is 0.527. The third-order valence-electron chi connectivity index (χ3n) is 6.88. The van der Waals surface area contributed by atoms with Gasteiger partial charge in [0.15, 0.2) is 5.17 Å². The van der Waals surface area contributed by atoms with Crippen LogP contribution < -0.4 is 4.74 Å². The number of hydrogen-bond donors (Lipinski definition) is 0. The van der Waals surface area contributed by atoms with Gasteiger partial charge in [-0.25, -0.2) is 9.79 Å². The monoisotopic (exact) mass is 503 g/mol.